The van der Waals surface area contributed by atoms with E-state index in [9.17, 15) is 4.79 Å². The van der Waals surface area contributed by atoms with Crippen molar-refractivity contribution < 1.29 is 14.4 Å². The monoisotopic (exact) mass is 322 g/mol. The van der Waals surface area contributed by atoms with E-state index >= 15 is 0 Å². The van der Waals surface area contributed by atoms with Crippen LogP contribution in [-0.2, 0) is 14.4 Å². The van der Waals surface area contributed by atoms with Crippen LogP contribution in [0.25, 0.3) is 0 Å². The first-order valence-corrected chi connectivity index (χ1v) is 8.01. The maximum absolute atomic E-state index is 10.8. The lowest BCUT2D eigenvalue weighted by molar-refractivity contribution is -0.141. The molecule has 2 rings (SSSR count). The van der Waals surface area contributed by atoms with Gasteiger partial charge in [-0.05, 0) is 39.7 Å². The number of piperidine rings is 1. The highest BCUT2D eigenvalue weighted by Gasteiger charge is 2.29. The molecule has 1 saturated heterocycles. The number of anilines is 1. The van der Waals surface area contributed by atoms with Crippen molar-refractivity contribution in [3.8, 4) is 0 Å². The number of ether oxygens (including phenoxy) is 1. The molecule has 1 aromatic heterocycles. The van der Waals surface area contributed by atoms with Gasteiger partial charge in [-0.2, -0.15) is 5.48 Å². The first-order valence-electron chi connectivity index (χ1n) is 8.01. The van der Waals surface area contributed by atoms with E-state index in [0.717, 1.165) is 31.9 Å². The van der Waals surface area contributed by atoms with Crippen LogP contribution in [0, 0.1) is 5.92 Å². The van der Waals surface area contributed by atoms with Gasteiger partial charge in [0.1, 0.15) is 6.10 Å². The summed E-state index contributed by atoms with van der Waals surface area (Å²) in [5, 5.41) is 0. The van der Waals surface area contributed by atoms with Crippen LogP contribution in [0.2, 0.25) is 0 Å². The number of nitrogens with one attached hydrogen (secondary N) is 1. The molecule has 0 radical (unpaired) electrons. The predicted octanol–water partition coefficient (Wildman–Crippen LogP) is 1.55. The van der Waals surface area contributed by atoms with Crippen LogP contribution < -0.4 is 10.4 Å². The Labute approximate surface area is 137 Å². The van der Waals surface area contributed by atoms with Crippen molar-refractivity contribution in [2.45, 2.75) is 45.3 Å². The van der Waals surface area contributed by atoms with E-state index in [0.29, 0.717) is 18.9 Å². The Kier molecular flexibility index (Phi) is 6.29. The fourth-order valence-electron chi connectivity index (χ4n) is 2.66. The van der Waals surface area contributed by atoms with E-state index in [2.05, 4.69) is 20.3 Å². The first kappa shape index (κ1) is 17.6. The third kappa shape index (κ3) is 5.76. The SMILES string of the molecule is CC(C)(C)ONCC(OC=O)C1CCN(c2ncccn2)CC1. The second kappa shape index (κ2) is 8.21. The summed E-state index contributed by atoms with van der Waals surface area (Å²) in [6, 6.07) is 1.81. The average molecular weight is 322 g/mol. The second-order valence-corrected chi connectivity index (χ2v) is 6.71. The van der Waals surface area contributed by atoms with Crippen LogP contribution in [0.5, 0.6) is 0 Å². The molecule has 1 aromatic rings. The number of carbonyl (C=O) groups excluding carboxylic acids is 1. The van der Waals surface area contributed by atoms with Gasteiger partial charge < -0.3 is 9.64 Å². The quantitative estimate of drug-likeness (QED) is 0.603. The van der Waals surface area contributed by atoms with Crippen LogP contribution in [0.4, 0.5) is 5.95 Å². The zero-order chi connectivity index (χ0) is 16.7. The van der Waals surface area contributed by atoms with Gasteiger partial charge in [0.25, 0.3) is 6.47 Å². The first-order chi connectivity index (χ1) is 11.0. The van der Waals surface area contributed by atoms with Crippen LogP contribution in [-0.4, -0.2) is 47.8 Å². The lowest BCUT2D eigenvalue weighted by atomic mass is 9.91. The molecule has 0 spiro atoms. The molecule has 0 aromatic carbocycles. The number of carbonyl (C=O) groups is 1. The van der Waals surface area contributed by atoms with Gasteiger partial charge in [-0.3, -0.25) is 9.63 Å². The van der Waals surface area contributed by atoms with E-state index in [1.54, 1.807) is 12.4 Å². The maximum Gasteiger partial charge on any atom is 0.293 e. The summed E-state index contributed by atoms with van der Waals surface area (Å²) in [4.78, 5) is 27.0. The summed E-state index contributed by atoms with van der Waals surface area (Å²) in [6.45, 7) is 8.62. The van der Waals surface area contributed by atoms with Crippen molar-refractivity contribution in [1.29, 1.82) is 0 Å². The van der Waals surface area contributed by atoms with Crippen molar-refractivity contribution in [2.24, 2.45) is 5.92 Å². The number of rotatable bonds is 7. The molecular formula is C16H26N4O3. The van der Waals surface area contributed by atoms with E-state index in [-0.39, 0.29) is 11.7 Å². The molecule has 0 amide bonds. The Bertz CT molecular complexity index is 470. The molecule has 2 heterocycles. The van der Waals surface area contributed by atoms with Crippen LogP contribution in [0.1, 0.15) is 33.6 Å². The Morgan fingerprint density at radius 1 is 1.35 bits per heavy atom. The number of aromatic nitrogens is 2. The molecule has 1 atom stereocenters. The van der Waals surface area contributed by atoms with Crippen molar-refractivity contribution in [2.75, 3.05) is 24.5 Å². The van der Waals surface area contributed by atoms with E-state index in [1.807, 2.05) is 26.8 Å². The molecular weight excluding hydrogens is 296 g/mol. The van der Waals surface area contributed by atoms with E-state index in [1.165, 1.54) is 0 Å². The van der Waals surface area contributed by atoms with Gasteiger partial charge in [-0.1, -0.05) is 0 Å². The lowest BCUT2D eigenvalue weighted by Gasteiger charge is -2.35. The standard InChI is InChI=1S/C16H26N4O3/c1-16(2,3)23-19-11-14(22-12-21)13-5-9-20(10-6-13)15-17-7-4-8-18-15/h4,7-8,12-14,19H,5-6,9-11H2,1-3H3. The van der Waals surface area contributed by atoms with Crippen molar-refractivity contribution in [1.82, 2.24) is 15.4 Å². The average Bonchev–Trinajstić information content (AvgIpc) is 2.54. The molecule has 1 aliphatic heterocycles. The third-order valence-electron chi connectivity index (χ3n) is 3.79. The molecule has 0 aliphatic carbocycles. The Balaban J connectivity index is 1.83. The molecule has 1 N–H and O–H groups in total. The smallest absolute Gasteiger partial charge is 0.293 e. The van der Waals surface area contributed by atoms with Gasteiger partial charge in [0, 0.05) is 31.4 Å². The van der Waals surface area contributed by atoms with Gasteiger partial charge in [-0.15, -0.1) is 0 Å². The summed E-state index contributed by atoms with van der Waals surface area (Å²) < 4.78 is 5.26. The van der Waals surface area contributed by atoms with Crippen LogP contribution >= 0.6 is 0 Å². The number of hydrogen-bond acceptors (Lipinski definition) is 7. The minimum absolute atomic E-state index is 0.186. The minimum Gasteiger partial charge on any atom is -0.463 e. The highest BCUT2D eigenvalue weighted by atomic mass is 16.7. The van der Waals surface area contributed by atoms with Gasteiger partial charge >= 0.3 is 0 Å². The molecule has 7 heteroatoms. The topological polar surface area (TPSA) is 76.6 Å². The molecule has 128 valence electrons. The number of nitrogens with zero attached hydrogens (tertiary/aromatic N) is 3. The molecule has 1 fully saturated rings. The summed E-state index contributed by atoms with van der Waals surface area (Å²) in [5.41, 5.74) is 2.65. The highest BCUT2D eigenvalue weighted by molar-refractivity contribution is 5.37. The second-order valence-electron chi connectivity index (χ2n) is 6.71. The molecule has 7 nitrogen and oxygen atoms in total. The number of hydroxylamine groups is 1. The lowest BCUT2D eigenvalue weighted by Crippen LogP contribution is -2.44. The van der Waals surface area contributed by atoms with Crippen molar-refractivity contribution in [3.05, 3.63) is 18.5 Å². The Morgan fingerprint density at radius 3 is 2.57 bits per heavy atom. The van der Waals surface area contributed by atoms with Gasteiger partial charge in [0.2, 0.25) is 5.95 Å². The Hall–Kier alpha value is -1.73. The molecule has 0 saturated carbocycles. The maximum atomic E-state index is 10.8. The summed E-state index contributed by atoms with van der Waals surface area (Å²) in [7, 11) is 0. The minimum atomic E-state index is -0.278. The largest absolute Gasteiger partial charge is 0.463 e. The van der Waals surface area contributed by atoms with Crippen LogP contribution in [0.15, 0.2) is 18.5 Å². The van der Waals surface area contributed by atoms with Crippen LogP contribution in [0.3, 0.4) is 0 Å². The molecule has 23 heavy (non-hydrogen) atoms. The molecule has 1 aliphatic rings. The van der Waals surface area contributed by atoms with Gasteiger partial charge in [0.15, 0.2) is 0 Å². The van der Waals surface area contributed by atoms with Gasteiger partial charge in [-0.25, -0.2) is 9.97 Å². The number of hydrogen-bond donors (Lipinski definition) is 1. The van der Waals surface area contributed by atoms with E-state index in [4.69, 9.17) is 9.57 Å². The molecule has 1 unspecified atom stereocenters. The normalized spacial score (nSPS) is 17.8. The fraction of sp³-hybridized carbons (Fsp3) is 0.688. The van der Waals surface area contributed by atoms with Crippen molar-refractivity contribution in [3.63, 3.8) is 0 Å². The third-order valence-corrected chi connectivity index (χ3v) is 3.79. The Morgan fingerprint density at radius 2 is 2.00 bits per heavy atom. The highest BCUT2D eigenvalue weighted by Crippen LogP contribution is 2.24. The zero-order valence-electron chi connectivity index (χ0n) is 14.1. The zero-order valence-corrected chi connectivity index (χ0v) is 14.1. The predicted molar refractivity (Wildman–Crippen MR) is 86.7 cm³/mol. The molecule has 0 bridgehead atoms. The summed E-state index contributed by atoms with van der Waals surface area (Å²) >= 11 is 0. The summed E-state index contributed by atoms with van der Waals surface area (Å²) in [6.07, 6.45) is 5.16. The summed E-state index contributed by atoms with van der Waals surface area (Å²) in [5.74, 6) is 1.06. The fourth-order valence-corrected chi connectivity index (χ4v) is 2.66. The van der Waals surface area contributed by atoms with Crippen molar-refractivity contribution >= 4 is 12.4 Å². The van der Waals surface area contributed by atoms with Gasteiger partial charge in [0.05, 0.1) is 12.1 Å². The van der Waals surface area contributed by atoms with E-state index < -0.39 is 0 Å².